The third-order valence-corrected chi connectivity index (χ3v) is 4.44. The average Bonchev–Trinajstić information content (AvgIpc) is 3.00. The van der Waals surface area contributed by atoms with Crippen LogP contribution in [0.3, 0.4) is 0 Å². The number of likely N-dealkylation sites (N-methyl/N-ethyl adjacent to an activating group) is 2. The second kappa shape index (κ2) is 8.13. The van der Waals surface area contributed by atoms with Gasteiger partial charge in [-0.25, -0.2) is 0 Å². The van der Waals surface area contributed by atoms with E-state index in [9.17, 15) is 4.79 Å². The predicted octanol–water partition coefficient (Wildman–Crippen LogP) is 3.16. The molecular weight excluding hydrogens is 308 g/mol. The maximum atomic E-state index is 12.3. The summed E-state index contributed by atoms with van der Waals surface area (Å²) in [4.78, 5) is 16.1. The van der Waals surface area contributed by atoms with Crippen molar-refractivity contribution in [3.63, 3.8) is 0 Å². The number of hydrogen-bond acceptors (Lipinski definition) is 4. The fraction of sp³-hybridized carbons (Fsp3) is 0.389. The Morgan fingerprint density at radius 3 is 2.65 bits per heavy atom. The molecule has 1 aromatic heterocycles. The molecule has 0 atom stereocenters. The summed E-state index contributed by atoms with van der Waals surface area (Å²) in [5.74, 6) is 0.979. The monoisotopic (exact) mass is 332 g/mol. The Bertz CT molecular complexity index is 640. The van der Waals surface area contributed by atoms with E-state index in [4.69, 9.17) is 4.74 Å². The van der Waals surface area contributed by atoms with Crippen LogP contribution in [-0.4, -0.2) is 43.5 Å². The van der Waals surface area contributed by atoms with Gasteiger partial charge in [0, 0.05) is 25.7 Å². The van der Waals surface area contributed by atoms with E-state index in [0.717, 1.165) is 11.3 Å². The zero-order valence-electron chi connectivity index (χ0n) is 14.2. The molecule has 0 saturated heterocycles. The first-order valence-corrected chi connectivity index (χ1v) is 8.51. The Morgan fingerprint density at radius 2 is 2.00 bits per heavy atom. The van der Waals surface area contributed by atoms with Crippen molar-refractivity contribution < 1.29 is 9.53 Å². The van der Waals surface area contributed by atoms with Crippen LogP contribution < -0.4 is 4.74 Å². The largest absolute Gasteiger partial charge is 0.496 e. The lowest BCUT2D eigenvalue weighted by molar-refractivity contribution is -0.131. The molecule has 0 unspecified atom stereocenters. The van der Waals surface area contributed by atoms with Crippen molar-refractivity contribution in [3.05, 3.63) is 51.7 Å². The Morgan fingerprint density at radius 1 is 1.22 bits per heavy atom. The molecule has 4 nitrogen and oxygen atoms in total. The topological polar surface area (TPSA) is 32.8 Å². The van der Waals surface area contributed by atoms with Crippen LogP contribution >= 0.6 is 11.3 Å². The predicted molar refractivity (Wildman–Crippen MR) is 94.9 cm³/mol. The summed E-state index contributed by atoms with van der Waals surface area (Å²) < 4.78 is 5.40. The third-order valence-electron chi connectivity index (χ3n) is 3.71. The summed E-state index contributed by atoms with van der Waals surface area (Å²) in [6.07, 6.45) is 0. The molecule has 0 aliphatic heterocycles. The van der Waals surface area contributed by atoms with E-state index < -0.39 is 0 Å². The molecule has 0 aliphatic rings. The first-order valence-electron chi connectivity index (χ1n) is 7.56. The normalized spacial score (nSPS) is 10.8. The van der Waals surface area contributed by atoms with Crippen LogP contribution in [0, 0.1) is 6.92 Å². The van der Waals surface area contributed by atoms with Gasteiger partial charge in [0.05, 0.1) is 13.7 Å². The highest BCUT2D eigenvalue weighted by atomic mass is 32.1. The van der Waals surface area contributed by atoms with E-state index in [1.54, 1.807) is 23.3 Å². The fourth-order valence-corrected chi connectivity index (χ4v) is 3.13. The Hall–Kier alpha value is -1.85. The highest BCUT2D eigenvalue weighted by molar-refractivity contribution is 7.07. The van der Waals surface area contributed by atoms with E-state index in [2.05, 4.69) is 24.4 Å². The van der Waals surface area contributed by atoms with E-state index in [0.29, 0.717) is 19.6 Å². The van der Waals surface area contributed by atoms with Gasteiger partial charge in [0.25, 0.3) is 0 Å². The molecule has 0 radical (unpaired) electrons. The summed E-state index contributed by atoms with van der Waals surface area (Å²) >= 11 is 1.65. The van der Waals surface area contributed by atoms with Gasteiger partial charge in [-0.3, -0.25) is 9.69 Å². The van der Waals surface area contributed by atoms with Gasteiger partial charge in [0.15, 0.2) is 0 Å². The van der Waals surface area contributed by atoms with E-state index in [1.807, 2.05) is 36.5 Å². The molecule has 0 spiro atoms. The van der Waals surface area contributed by atoms with Crippen LogP contribution in [0.1, 0.15) is 16.7 Å². The van der Waals surface area contributed by atoms with Crippen molar-refractivity contribution >= 4 is 17.2 Å². The molecule has 0 bridgehead atoms. The number of amides is 1. The molecule has 0 N–H and O–H groups in total. The SMILES string of the molecule is COc1ccc(C)cc1CN(C)CC(=O)N(C)Cc1ccsc1. The molecule has 1 aromatic carbocycles. The van der Waals surface area contributed by atoms with Crippen LogP contribution in [-0.2, 0) is 17.9 Å². The number of thiophene rings is 1. The van der Waals surface area contributed by atoms with Crippen molar-refractivity contribution in [1.82, 2.24) is 9.80 Å². The van der Waals surface area contributed by atoms with Crippen LogP contribution in [0.15, 0.2) is 35.0 Å². The summed E-state index contributed by atoms with van der Waals surface area (Å²) in [7, 11) is 5.48. The van der Waals surface area contributed by atoms with Crippen molar-refractivity contribution in [3.8, 4) is 5.75 Å². The lowest BCUT2D eigenvalue weighted by Gasteiger charge is -2.22. The molecule has 1 amide bonds. The average molecular weight is 332 g/mol. The van der Waals surface area contributed by atoms with Gasteiger partial charge in [0.2, 0.25) is 5.91 Å². The minimum absolute atomic E-state index is 0.116. The fourth-order valence-electron chi connectivity index (χ4n) is 2.47. The van der Waals surface area contributed by atoms with Gasteiger partial charge in [-0.2, -0.15) is 11.3 Å². The van der Waals surface area contributed by atoms with Gasteiger partial charge in [0.1, 0.15) is 5.75 Å². The Kier molecular flexibility index (Phi) is 6.19. The quantitative estimate of drug-likeness (QED) is 0.781. The summed E-state index contributed by atoms with van der Waals surface area (Å²) in [6, 6.07) is 8.16. The van der Waals surface area contributed by atoms with Crippen LogP contribution in [0.25, 0.3) is 0 Å². The molecular formula is C18H24N2O2S. The van der Waals surface area contributed by atoms with Crippen LogP contribution in [0.2, 0.25) is 0 Å². The number of methoxy groups -OCH3 is 1. The lowest BCUT2D eigenvalue weighted by atomic mass is 10.1. The van der Waals surface area contributed by atoms with Crippen LogP contribution in [0.4, 0.5) is 0 Å². The standard InChI is InChI=1S/C18H24N2O2S/c1-14-5-6-17(22-4)16(9-14)11-19(2)12-18(21)20(3)10-15-7-8-23-13-15/h5-9,13H,10-12H2,1-4H3. The number of nitrogens with zero attached hydrogens (tertiary/aromatic N) is 2. The van der Waals surface area contributed by atoms with Crippen molar-refractivity contribution in [2.24, 2.45) is 0 Å². The highest BCUT2D eigenvalue weighted by Crippen LogP contribution is 2.21. The molecule has 1 heterocycles. The van der Waals surface area contributed by atoms with Crippen molar-refractivity contribution in [2.45, 2.75) is 20.0 Å². The molecule has 23 heavy (non-hydrogen) atoms. The minimum Gasteiger partial charge on any atom is -0.496 e. The summed E-state index contributed by atoms with van der Waals surface area (Å²) in [5.41, 5.74) is 3.47. The smallest absolute Gasteiger partial charge is 0.236 e. The van der Waals surface area contributed by atoms with Gasteiger partial charge < -0.3 is 9.64 Å². The molecule has 124 valence electrons. The number of hydrogen-bond donors (Lipinski definition) is 0. The Balaban J connectivity index is 1.92. The summed E-state index contributed by atoms with van der Waals surface area (Å²) in [5, 5.41) is 4.11. The van der Waals surface area contributed by atoms with Gasteiger partial charge in [-0.05, 0) is 42.4 Å². The van der Waals surface area contributed by atoms with E-state index in [1.165, 1.54) is 11.1 Å². The molecule has 2 aromatic rings. The zero-order valence-corrected chi connectivity index (χ0v) is 15.0. The zero-order chi connectivity index (χ0) is 16.8. The molecule has 2 rings (SSSR count). The van der Waals surface area contributed by atoms with Gasteiger partial charge in [-0.1, -0.05) is 17.7 Å². The van der Waals surface area contributed by atoms with E-state index >= 15 is 0 Å². The maximum Gasteiger partial charge on any atom is 0.236 e. The minimum atomic E-state index is 0.116. The second-order valence-electron chi connectivity index (χ2n) is 5.87. The number of aryl methyl sites for hydroxylation is 1. The number of rotatable bonds is 7. The molecule has 0 aliphatic carbocycles. The van der Waals surface area contributed by atoms with Gasteiger partial charge in [-0.15, -0.1) is 0 Å². The second-order valence-corrected chi connectivity index (χ2v) is 6.65. The molecule has 5 heteroatoms. The van der Waals surface area contributed by atoms with Crippen LogP contribution in [0.5, 0.6) is 5.75 Å². The van der Waals surface area contributed by atoms with Crippen molar-refractivity contribution in [2.75, 3.05) is 27.7 Å². The first-order chi connectivity index (χ1) is 11.0. The summed E-state index contributed by atoms with van der Waals surface area (Å²) in [6.45, 7) is 3.79. The third kappa shape index (κ3) is 5.08. The van der Waals surface area contributed by atoms with Gasteiger partial charge >= 0.3 is 0 Å². The first kappa shape index (κ1) is 17.5. The maximum absolute atomic E-state index is 12.3. The number of benzene rings is 1. The van der Waals surface area contributed by atoms with E-state index in [-0.39, 0.29) is 5.91 Å². The highest BCUT2D eigenvalue weighted by Gasteiger charge is 2.14. The van der Waals surface area contributed by atoms with Crippen molar-refractivity contribution in [1.29, 1.82) is 0 Å². The number of ether oxygens (including phenoxy) is 1. The molecule has 0 saturated carbocycles. The Labute approximate surface area is 142 Å². The lowest BCUT2D eigenvalue weighted by Crippen LogP contribution is -2.36. The molecule has 0 fully saturated rings. The number of carbonyl (C=O) groups excluding carboxylic acids is 1. The number of carbonyl (C=O) groups is 1.